The molecule has 0 aromatic heterocycles. The first kappa shape index (κ1) is 4.81. The van der Waals surface area contributed by atoms with Crippen LogP contribution in [0.15, 0.2) is 24.3 Å². The van der Waals surface area contributed by atoms with Gasteiger partial charge in [-0.25, -0.2) is 0 Å². The minimum absolute atomic E-state index is 0.258. The highest BCUT2D eigenvalue weighted by Crippen LogP contribution is 2.24. The molecule has 0 saturated carbocycles. The number of benzene rings is 1. The molecule has 0 N–H and O–H groups in total. The molecule has 0 spiro atoms. The van der Waals surface area contributed by atoms with Crippen LogP contribution in [0.5, 0.6) is 5.75 Å². The third kappa shape index (κ3) is 1.73. The summed E-state index contributed by atoms with van der Waals surface area (Å²) >= 11 is 0. The van der Waals surface area contributed by atoms with Gasteiger partial charge in [0.05, 0.1) is 11.2 Å². The maximum Gasteiger partial charge on any atom is 0.122 e. The summed E-state index contributed by atoms with van der Waals surface area (Å²) in [6, 6.07) is 7.21. The molecule has 0 aliphatic heterocycles. The molecule has 1 aromatic rings. The summed E-state index contributed by atoms with van der Waals surface area (Å²) in [5, 5.41) is 0. The highest BCUT2D eigenvalue weighted by molar-refractivity contribution is 5.35. The maximum atomic E-state index is 7.02. The van der Waals surface area contributed by atoms with Gasteiger partial charge in [-0.05, 0) is 17.5 Å². The molecule has 1 aromatic carbocycles. The van der Waals surface area contributed by atoms with Crippen molar-refractivity contribution in [2.45, 2.75) is 19.8 Å². The van der Waals surface area contributed by atoms with E-state index >= 15 is 0 Å². The Bertz CT molecular complexity index is 304. The van der Waals surface area contributed by atoms with E-state index in [4.69, 9.17) is 8.85 Å². The molecule has 0 amide bonds. The second kappa shape index (κ2) is 3.42. The van der Waals surface area contributed by atoms with Crippen LogP contribution in [0.4, 0.5) is 0 Å². The SMILES string of the molecule is [2H]C([2H])([2H])Oc1ccccc1C(C)C. The van der Waals surface area contributed by atoms with Gasteiger partial charge in [-0.1, -0.05) is 32.0 Å². The van der Waals surface area contributed by atoms with Crippen LogP contribution in [-0.4, -0.2) is 7.04 Å². The largest absolute Gasteiger partial charge is 0.496 e. The standard InChI is InChI=1S/C10H14O/c1-8(2)9-6-4-5-7-10(9)11-3/h4-8H,1-3H3/i3D3. The molecule has 0 saturated heterocycles. The van der Waals surface area contributed by atoms with Gasteiger partial charge in [0.1, 0.15) is 5.75 Å². The predicted molar refractivity (Wildman–Crippen MR) is 47.1 cm³/mol. The van der Waals surface area contributed by atoms with E-state index in [0.29, 0.717) is 5.75 Å². The van der Waals surface area contributed by atoms with Crippen molar-refractivity contribution < 1.29 is 8.85 Å². The molecule has 1 rings (SSSR count). The van der Waals surface area contributed by atoms with Gasteiger partial charge in [0, 0.05) is 0 Å². The fourth-order valence-corrected chi connectivity index (χ4v) is 1.05. The molecule has 0 radical (unpaired) electrons. The molecule has 0 bridgehead atoms. The van der Waals surface area contributed by atoms with Crippen molar-refractivity contribution in [1.29, 1.82) is 0 Å². The van der Waals surface area contributed by atoms with Crippen molar-refractivity contribution in [2.24, 2.45) is 0 Å². The minimum Gasteiger partial charge on any atom is -0.496 e. The first-order chi connectivity index (χ1) is 6.40. The van der Waals surface area contributed by atoms with Crippen LogP contribution in [0.1, 0.15) is 29.4 Å². The first-order valence-corrected chi connectivity index (χ1v) is 3.68. The normalized spacial score (nSPS) is 15.4. The number of ether oxygens (including phenoxy) is 1. The van der Waals surface area contributed by atoms with Gasteiger partial charge < -0.3 is 4.74 Å². The van der Waals surface area contributed by atoms with Crippen LogP contribution >= 0.6 is 0 Å². The molecule has 1 nitrogen and oxygen atoms in total. The van der Waals surface area contributed by atoms with Crippen molar-refractivity contribution in [2.75, 3.05) is 7.04 Å². The fraction of sp³-hybridized carbons (Fsp3) is 0.400. The number of hydrogen-bond donors (Lipinski definition) is 0. The highest BCUT2D eigenvalue weighted by atomic mass is 16.5. The molecular weight excluding hydrogens is 136 g/mol. The van der Waals surface area contributed by atoms with E-state index in [2.05, 4.69) is 0 Å². The second-order valence-electron chi connectivity index (χ2n) is 2.79. The third-order valence-electron chi connectivity index (χ3n) is 1.65. The molecule has 0 aliphatic carbocycles. The van der Waals surface area contributed by atoms with Crippen LogP contribution in [0, 0.1) is 0 Å². The third-order valence-corrected chi connectivity index (χ3v) is 1.65. The fourth-order valence-electron chi connectivity index (χ4n) is 1.05. The number of rotatable bonds is 2. The Morgan fingerprint density at radius 3 is 2.73 bits per heavy atom. The predicted octanol–water partition coefficient (Wildman–Crippen LogP) is 2.82. The summed E-state index contributed by atoms with van der Waals surface area (Å²) in [5.74, 6) is 0.705. The van der Waals surface area contributed by atoms with Crippen LogP contribution in [0.3, 0.4) is 0 Å². The van der Waals surface area contributed by atoms with Gasteiger partial charge in [-0.3, -0.25) is 0 Å². The summed E-state index contributed by atoms with van der Waals surface area (Å²) in [5.41, 5.74) is 0.920. The van der Waals surface area contributed by atoms with E-state index in [9.17, 15) is 0 Å². The monoisotopic (exact) mass is 153 g/mol. The van der Waals surface area contributed by atoms with Crippen molar-refractivity contribution >= 4 is 0 Å². The summed E-state index contributed by atoms with van der Waals surface area (Å²) in [6.07, 6.45) is 0. The topological polar surface area (TPSA) is 9.23 Å². The molecular formula is C10H14O. The van der Waals surface area contributed by atoms with E-state index in [1.165, 1.54) is 0 Å². The van der Waals surface area contributed by atoms with Crippen LogP contribution in [0.2, 0.25) is 0 Å². The summed E-state index contributed by atoms with van der Waals surface area (Å²) < 4.78 is 25.9. The molecule has 0 fully saturated rings. The Labute approximate surface area is 72.2 Å². The maximum absolute atomic E-state index is 7.02. The number of hydrogen-bond acceptors (Lipinski definition) is 1. The zero-order valence-corrected chi connectivity index (χ0v) is 6.79. The van der Waals surface area contributed by atoms with Crippen molar-refractivity contribution in [1.82, 2.24) is 0 Å². The quantitative estimate of drug-likeness (QED) is 0.634. The lowest BCUT2D eigenvalue weighted by molar-refractivity contribution is 0.407. The van der Waals surface area contributed by atoms with Gasteiger partial charge >= 0.3 is 0 Å². The van der Waals surface area contributed by atoms with Gasteiger partial charge in [0.25, 0.3) is 0 Å². The second-order valence-corrected chi connectivity index (χ2v) is 2.79. The average molecular weight is 153 g/mol. The molecule has 0 atom stereocenters. The van der Waals surface area contributed by atoms with Gasteiger partial charge in [0.2, 0.25) is 0 Å². The smallest absolute Gasteiger partial charge is 0.122 e. The van der Waals surface area contributed by atoms with Crippen LogP contribution in [-0.2, 0) is 0 Å². The number of para-hydroxylation sites is 1. The summed E-state index contributed by atoms with van der Waals surface area (Å²) in [6.45, 7) is 4.00. The van der Waals surface area contributed by atoms with E-state index in [1.54, 1.807) is 12.1 Å². The van der Waals surface area contributed by atoms with E-state index in [1.807, 2.05) is 26.0 Å². The Hall–Kier alpha value is -0.980. The molecule has 0 aliphatic rings. The van der Waals surface area contributed by atoms with Crippen molar-refractivity contribution in [3.05, 3.63) is 29.8 Å². The molecule has 60 valence electrons. The van der Waals surface area contributed by atoms with Crippen molar-refractivity contribution in [3.8, 4) is 5.75 Å². The molecule has 1 heteroatoms. The Morgan fingerprint density at radius 2 is 2.09 bits per heavy atom. The number of methoxy groups -OCH3 is 1. The van der Waals surface area contributed by atoms with E-state index < -0.39 is 7.04 Å². The average Bonchev–Trinajstić information content (AvgIpc) is 2.01. The lowest BCUT2D eigenvalue weighted by Gasteiger charge is -2.10. The van der Waals surface area contributed by atoms with Gasteiger partial charge in [-0.15, -0.1) is 0 Å². The van der Waals surface area contributed by atoms with E-state index in [0.717, 1.165) is 5.56 Å². The lowest BCUT2D eigenvalue weighted by atomic mass is 10.0. The van der Waals surface area contributed by atoms with Gasteiger partial charge in [0.15, 0.2) is 0 Å². The van der Waals surface area contributed by atoms with E-state index in [-0.39, 0.29) is 5.92 Å². The summed E-state index contributed by atoms with van der Waals surface area (Å²) in [4.78, 5) is 0. The highest BCUT2D eigenvalue weighted by Gasteiger charge is 2.03. The van der Waals surface area contributed by atoms with Gasteiger partial charge in [-0.2, -0.15) is 0 Å². The Kier molecular flexibility index (Phi) is 1.50. The Morgan fingerprint density at radius 1 is 1.36 bits per heavy atom. The minimum atomic E-state index is -2.37. The lowest BCUT2D eigenvalue weighted by Crippen LogP contribution is -1.92. The molecule has 0 heterocycles. The van der Waals surface area contributed by atoms with Crippen molar-refractivity contribution in [3.63, 3.8) is 0 Å². The Balaban J connectivity index is 2.96. The molecule has 11 heavy (non-hydrogen) atoms. The van der Waals surface area contributed by atoms with Crippen LogP contribution < -0.4 is 4.74 Å². The molecule has 0 unspecified atom stereocenters. The first-order valence-electron chi connectivity index (χ1n) is 5.18. The van der Waals surface area contributed by atoms with Crippen LogP contribution in [0.25, 0.3) is 0 Å². The summed E-state index contributed by atoms with van der Waals surface area (Å²) in [7, 11) is -2.37. The zero-order valence-electron chi connectivity index (χ0n) is 9.79. The zero-order chi connectivity index (χ0) is 10.8.